The molecular formula is C24H35ClN2O. The van der Waals surface area contributed by atoms with Gasteiger partial charge in [-0.1, -0.05) is 43.5 Å². The van der Waals surface area contributed by atoms with Crippen LogP contribution in [0.4, 0.5) is 0 Å². The summed E-state index contributed by atoms with van der Waals surface area (Å²) in [6.07, 6.45) is 14.4. The first-order valence-electron chi connectivity index (χ1n) is 11.1. The molecule has 0 bridgehead atoms. The van der Waals surface area contributed by atoms with Crippen LogP contribution in [0.1, 0.15) is 76.7 Å². The van der Waals surface area contributed by atoms with E-state index in [1.165, 1.54) is 67.4 Å². The quantitative estimate of drug-likeness (QED) is 0.370. The van der Waals surface area contributed by atoms with Crippen molar-refractivity contribution in [1.29, 1.82) is 0 Å². The van der Waals surface area contributed by atoms with Crippen molar-refractivity contribution in [3.8, 4) is 0 Å². The highest BCUT2D eigenvalue weighted by molar-refractivity contribution is 6.30. The number of piperidine rings is 1. The lowest BCUT2D eigenvalue weighted by molar-refractivity contribution is 0.0540. The largest absolute Gasteiger partial charge is 0.314 e. The molecule has 28 heavy (non-hydrogen) atoms. The lowest BCUT2D eigenvalue weighted by Gasteiger charge is -2.26. The van der Waals surface area contributed by atoms with Crippen molar-refractivity contribution in [2.45, 2.75) is 77.2 Å². The minimum Gasteiger partial charge on any atom is -0.314 e. The molecule has 1 aliphatic heterocycles. The zero-order chi connectivity index (χ0) is 19.6. The van der Waals surface area contributed by atoms with Crippen LogP contribution in [-0.4, -0.2) is 19.2 Å². The Labute approximate surface area is 175 Å². The first-order chi connectivity index (χ1) is 13.8. The van der Waals surface area contributed by atoms with E-state index in [0.29, 0.717) is 6.04 Å². The Balaban J connectivity index is 1.66. The molecule has 0 aromatic heterocycles. The summed E-state index contributed by atoms with van der Waals surface area (Å²) in [5, 5.41) is 4.38. The van der Waals surface area contributed by atoms with Gasteiger partial charge in [0.05, 0.1) is 12.3 Å². The summed E-state index contributed by atoms with van der Waals surface area (Å²) >= 11 is 6.04. The highest BCUT2D eigenvalue weighted by Crippen LogP contribution is 2.32. The van der Waals surface area contributed by atoms with Crippen molar-refractivity contribution in [3.63, 3.8) is 0 Å². The lowest BCUT2D eigenvalue weighted by atomic mass is 9.88. The minimum atomic E-state index is 0.611. The zero-order valence-corrected chi connectivity index (χ0v) is 18.0. The molecule has 1 aromatic carbocycles. The van der Waals surface area contributed by atoms with E-state index < -0.39 is 0 Å². The number of unbranched alkanes of at least 4 members (excludes halogenated alkanes) is 1. The van der Waals surface area contributed by atoms with E-state index in [2.05, 4.69) is 35.9 Å². The van der Waals surface area contributed by atoms with Gasteiger partial charge in [-0.05, 0) is 92.8 Å². The number of rotatable bonds is 9. The van der Waals surface area contributed by atoms with Crippen LogP contribution in [0.25, 0.3) is 6.08 Å². The van der Waals surface area contributed by atoms with Crippen molar-refractivity contribution < 1.29 is 4.84 Å². The van der Waals surface area contributed by atoms with Crippen LogP contribution >= 0.6 is 11.6 Å². The van der Waals surface area contributed by atoms with Crippen LogP contribution in [0.5, 0.6) is 0 Å². The van der Waals surface area contributed by atoms with Crippen molar-refractivity contribution in [3.05, 3.63) is 51.7 Å². The number of halogens is 1. The molecule has 3 nitrogen and oxygen atoms in total. The second-order valence-electron chi connectivity index (χ2n) is 8.04. The number of allylic oxidation sites excluding steroid dienone is 2. The second kappa shape index (κ2) is 11.6. The average molecular weight is 403 g/mol. The molecule has 1 atom stereocenters. The molecule has 0 saturated carbocycles. The van der Waals surface area contributed by atoms with Crippen LogP contribution in [0, 0.1) is 0 Å². The zero-order valence-electron chi connectivity index (χ0n) is 17.2. The van der Waals surface area contributed by atoms with Crippen LogP contribution in [-0.2, 0) is 4.84 Å². The number of benzene rings is 1. The van der Waals surface area contributed by atoms with Crippen molar-refractivity contribution >= 4 is 17.7 Å². The topological polar surface area (TPSA) is 33.3 Å². The Morgan fingerprint density at radius 1 is 1.18 bits per heavy atom. The smallest absolute Gasteiger partial charge is 0.0760 e. The molecule has 4 heteroatoms. The van der Waals surface area contributed by atoms with E-state index in [9.17, 15) is 0 Å². The van der Waals surface area contributed by atoms with E-state index in [-0.39, 0.29) is 0 Å². The average Bonchev–Trinajstić information content (AvgIpc) is 2.73. The maximum atomic E-state index is 6.04. The Morgan fingerprint density at radius 3 is 2.79 bits per heavy atom. The Morgan fingerprint density at radius 2 is 2.04 bits per heavy atom. The van der Waals surface area contributed by atoms with Gasteiger partial charge in [0.1, 0.15) is 0 Å². The van der Waals surface area contributed by atoms with E-state index in [4.69, 9.17) is 16.4 Å². The Hall–Kier alpha value is -1.29. The Bertz CT molecular complexity index is 660. The van der Waals surface area contributed by atoms with E-state index >= 15 is 0 Å². The summed E-state index contributed by atoms with van der Waals surface area (Å²) in [6.45, 7) is 4.16. The van der Waals surface area contributed by atoms with E-state index in [0.717, 1.165) is 37.4 Å². The van der Waals surface area contributed by atoms with Gasteiger partial charge in [-0.15, -0.1) is 0 Å². The van der Waals surface area contributed by atoms with Crippen LogP contribution < -0.4 is 10.8 Å². The fourth-order valence-electron chi connectivity index (χ4n) is 4.15. The van der Waals surface area contributed by atoms with Gasteiger partial charge in [0.2, 0.25) is 0 Å². The fraction of sp³-hybridized carbons (Fsp3) is 0.583. The van der Waals surface area contributed by atoms with Gasteiger partial charge in [0.15, 0.2) is 0 Å². The lowest BCUT2D eigenvalue weighted by Crippen LogP contribution is -2.35. The first kappa shape index (κ1) is 21.4. The SMILES string of the molecule is CCCCC1=C(NOCC[C@H]2CCCCN2)C(=Cc2ccc(Cl)cc2)CCC1. The Kier molecular flexibility index (Phi) is 8.91. The van der Waals surface area contributed by atoms with Crippen LogP contribution in [0.3, 0.4) is 0 Å². The molecule has 1 aromatic rings. The fourth-order valence-corrected chi connectivity index (χ4v) is 4.27. The molecule has 2 aliphatic rings. The number of nitrogens with one attached hydrogen (secondary N) is 2. The number of hydrogen-bond acceptors (Lipinski definition) is 3. The standard InChI is InChI=1S/C24H35ClN2O/c1-2-3-7-20-8-6-9-21(18-19-11-13-22(25)14-12-19)24(20)27-28-17-15-23-10-4-5-16-26-23/h11-14,18,23,26-27H,2-10,15-17H2,1H3/t23-/m1/s1. The predicted molar refractivity (Wildman–Crippen MR) is 119 cm³/mol. The van der Waals surface area contributed by atoms with Crippen molar-refractivity contribution in [2.24, 2.45) is 0 Å². The van der Waals surface area contributed by atoms with E-state index in [1.54, 1.807) is 0 Å². The van der Waals surface area contributed by atoms with Gasteiger partial charge in [-0.2, -0.15) is 0 Å². The molecule has 1 fully saturated rings. The molecule has 0 spiro atoms. The summed E-state index contributed by atoms with van der Waals surface area (Å²) in [4.78, 5) is 5.96. The molecule has 0 radical (unpaired) electrons. The third kappa shape index (κ3) is 6.65. The van der Waals surface area contributed by atoms with Crippen LogP contribution in [0.2, 0.25) is 5.02 Å². The summed E-state index contributed by atoms with van der Waals surface area (Å²) in [7, 11) is 0. The highest BCUT2D eigenvalue weighted by atomic mass is 35.5. The van der Waals surface area contributed by atoms with E-state index in [1.807, 2.05) is 12.1 Å². The van der Waals surface area contributed by atoms with Gasteiger partial charge < -0.3 is 5.32 Å². The first-order valence-corrected chi connectivity index (χ1v) is 11.4. The molecule has 0 amide bonds. The van der Waals surface area contributed by atoms with Gasteiger partial charge in [0.25, 0.3) is 0 Å². The summed E-state index contributed by atoms with van der Waals surface area (Å²) < 4.78 is 0. The molecule has 0 unspecified atom stereocenters. The van der Waals surface area contributed by atoms with Crippen molar-refractivity contribution in [2.75, 3.05) is 13.2 Å². The number of hydroxylamine groups is 1. The maximum Gasteiger partial charge on any atom is 0.0760 e. The number of hydrogen-bond donors (Lipinski definition) is 2. The normalized spacial score (nSPS) is 21.9. The van der Waals surface area contributed by atoms with Gasteiger partial charge >= 0.3 is 0 Å². The molecule has 1 aliphatic carbocycles. The van der Waals surface area contributed by atoms with Gasteiger partial charge in [-0.3, -0.25) is 10.3 Å². The molecular weight excluding hydrogens is 368 g/mol. The molecule has 3 rings (SSSR count). The summed E-state index contributed by atoms with van der Waals surface area (Å²) in [6, 6.07) is 8.70. The van der Waals surface area contributed by atoms with Gasteiger partial charge in [-0.25, -0.2) is 0 Å². The summed E-state index contributed by atoms with van der Waals surface area (Å²) in [5.41, 5.74) is 8.66. The van der Waals surface area contributed by atoms with Gasteiger partial charge in [0, 0.05) is 11.1 Å². The molecule has 1 heterocycles. The third-order valence-electron chi connectivity index (χ3n) is 5.80. The second-order valence-corrected chi connectivity index (χ2v) is 8.48. The predicted octanol–water partition coefficient (Wildman–Crippen LogP) is 6.41. The highest BCUT2D eigenvalue weighted by Gasteiger charge is 2.18. The molecule has 2 N–H and O–H groups in total. The molecule has 1 saturated heterocycles. The minimum absolute atomic E-state index is 0.611. The molecule has 154 valence electrons. The third-order valence-corrected chi connectivity index (χ3v) is 6.05. The van der Waals surface area contributed by atoms with Crippen molar-refractivity contribution in [1.82, 2.24) is 10.8 Å². The van der Waals surface area contributed by atoms with Crippen LogP contribution in [0.15, 0.2) is 41.1 Å². The summed E-state index contributed by atoms with van der Waals surface area (Å²) in [5.74, 6) is 0. The monoisotopic (exact) mass is 402 g/mol. The maximum absolute atomic E-state index is 6.04.